The van der Waals surface area contributed by atoms with Crippen LogP contribution in [0.15, 0.2) is 26.2 Å². The van der Waals surface area contributed by atoms with E-state index in [1.165, 1.54) is 18.3 Å². The molecule has 0 fully saturated rings. The molecule has 0 saturated heterocycles. The molecule has 2 heterocycles. The Hall–Kier alpha value is -1.13. The van der Waals surface area contributed by atoms with Gasteiger partial charge in [0, 0.05) is 18.1 Å². The van der Waals surface area contributed by atoms with E-state index >= 15 is 0 Å². The van der Waals surface area contributed by atoms with Crippen LogP contribution in [-0.2, 0) is 10.5 Å². The summed E-state index contributed by atoms with van der Waals surface area (Å²) in [5.41, 5.74) is 3.59. The molecule has 10 heteroatoms. The van der Waals surface area contributed by atoms with Gasteiger partial charge in [-0.25, -0.2) is 4.98 Å². The minimum Gasteiger partial charge on any atom is -0.274 e. The summed E-state index contributed by atoms with van der Waals surface area (Å²) in [5, 5.41) is 11.4. The molecule has 0 spiro atoms. The number of carbonyl (C=O) groups excluding carboxylic acids is 1. The molecule has 0 atom stereocenters. The molecular formula is C17H17ClN4OS4. The predicted molar refractivity (Wildman–Crippen MR) is 117 cm³/mol. The van der Waals surface area contributed by atoms with Crippen LogP contribution >= 0.6 is 57.8 Å². The molecule has 1 amide bonds. The van der Waals surface area contributed by atoms with Gasteiger partial charge < -0.3 is 0 Å². The van der Waals surface area contributed by atoms with Crippen molar-refractivity contribution in [1.82, 2.24) is 15.2 Å². The van der Waals surface area contributed by atoms with Gasteiger partial charge in [0.05, 0.1) is 16.4 Å². The van der Waals surface area contributed by atoms with Crippen LogP contribution in [0.1, 0.15) is 23.7 Å². The number of hydrogen-bond acceptors (Lipinski definition) is 8. The molecule has 0 N–H and O–H groups in total. The molecule has 27 heavy (non-hydrogen) atoms. The number of rotatable bonds is 6. The smallest absolute Gasteiger partial charge is 0.230 e. The monoisotopic (exact) mass is 456 g/mol. The molecule has 3 rings (SSSR count). The largest absolute Gasteiger partial charge is 0.274 e. The third-order valence-electron chi connectivity index (χ3n) is 3.57. The normalized spacial score (nSPS) is 11.0. The highest BCUT2D eigenvalue weighted by Gasteiger charge is 2.22. The highest BCUT2D eigenvalue weighted by molar-refractivity contribution is 8.02. The highest BCUT2D eigenvalue weighted by atomic mass is 35.5. The van der Waals surface area contributed by atoms with Crippen molar-refractivity contribution in [2.75, 3.05) is 11.2 Å². The first-order chi connectivity index (χ1) is 12.9. The van der Waals surface area contributed by atoms with Crippen molar-refractivity contribution >= 4 is 74.5 Å². The lowest BCUT2D eigenvalue weighted by molar-refractivity contribution is -0.115. The minimum absolute atomic E-state index is 0.119. The van der Waals surface area contributed by atoms with Gasteiger partial charge in [-0.15, -0.1) is 21.5 Å². The van der Waals surface area contributed by atoms with Crippen LogP contribution in [0.5, 0.6) is 0 Å². The fourth-order valence-electron chi connectivity index (χ4n) is 2.52. The summed E-state index contributed by atoms with van der Waals surface area (Å²) in [5.74, 6) is 0.553. The Morgan fingerprint density at radius 2 is 2.00 bits per heavy atom. The first-order valence-corrected chi connectivity index (χ1v) is 12.2. The summed E-state index contributed by atoms with van der Waals surface area (Å²) in [6.45, 7) is 5.46. The Kier molecular flexibility index (Phi) is 6.80. The molecule has 2 aromatic heterocycles. The second-order valence-electron chi connectivity index (χ2n) is 5.71. The van der Waals surface area contributed by atoms with Crippen molar-refractivity contribution in [2.24, 2.45) is 0 Å². The second-order valence-corrected chi connectivity index (χ2v) is 10.2. The number of aryl methyl sites for hydroxylation is 2. The molecule has 0 unspecified atom stereocenters. The predicted octanol–water partition coefficient (Wildman–Crippen LogP) is 5.96. The number of thiazole rings is 1. The van der Waals surface area contributed by atoms with Crippen molar-refractivity contribution in [1.29, 1.82) is 0 Å². The number of benzene rings is 1. The Bertz CT molecular complexity index is 949. The Morgan fingerprint density at radius 3 is 2.63 bits per heavy atom. The summed E-state index contributed by atoms with van der Waals surface area (Å²) in [4.78, 5) is 18.6. The van der Waals surface area contributed by atoms with E-state index in [9.17, 15) is 4.79 Å². The number of halogens is 1. The zero-order valence-corrected chi connectivity index (χ0v) is 19.2. The molecular weight excluding hydrogens is 440 g/mol. The Labute approximate surface area is 179 Å². The first-order valence-electron chi connectivity index (χ1n) is 7.91. The maximum atomic E-state index is 12.4. The molecule has 0 aliphatic carbocycles. The SMILES string of the molecule is CSc1nnc(SCc2csc(N(C(C)=O)c3c(C)cc(C)cc3Cl)n2)s1. The average molecular weight is 457 g/mol. The van der Waals surface area contributed by atoms with Crippen LogP contribution in [0.2, 0.25) is 5.02 Å². The minimum atomic E-state index is -0.119. The third kappa shape index (κ3) is 4.83. The van der Waals surface area contributed by atoms with Gasteiger partial charge >= 0.3 is 0 Å². The van der Waals surface area contributed by atoms with Crippen molar-refractivity contribution in [3.63, 3.8) is 0 Å². The van der Waals surface area contributed by atoms with Gasteiger partial charge in [-0.05, 0) is 37.3 Å². The van der Waals surface area contributed by atoms with Gasteiger partial charge in [-0.3, -0.25) is 9.69 Å². The van der Waals surface area contributed by atoms with Crippen molar-refractivity contribution in [2.45, 2.75) is 35.2 Å². The lowest BCUT2D eigenvalue weighted by atomic mass is 10.1. The van der Waals surface area contributed by atoms with Crippen molar-refractivity contribution in [3.05, 3.63) is 39.4 Å². The molecule has 0 radical (unpaired) electrons. The van der Waals surface area contributed by atoms with Gasteiger partial charge in [0.2, 0.25) is 5.91 Å². The van der Waals surface area contributed by atoms with Crippen LogP contribution in [0.25, 0.3) is 0 Å². The number of thioether (sulfide) groups is 2. The van der Waals surface area contributed by atoms with Crippen molar-refractivity contribution in [3.8, 4) is 0 Å². The molecule has 0 saturated carbocycles. The van der Waals surface area contributed by atoms with Crippen LogP contribution in [0.3, 0.4) is 0 Å². The van der Waals surface area contributed by atoms with Crippen LogP contribution in [-0.4, -0.2) is 27.3 Å². The number of amides is 1. The molecule has 142 valence electrons. The molecule has 0 aliphatic heterocycles. The second kappa shape index (κ2) is 8.91. The molecule has 3 aromatic rings. The van der Waals surface area contributed by atoms with E-state index in [0.717, 1.165) is 25.5 Å². The zero-order valence-electron chi connectivity index (χ0n) is 15.1. The fourth-order valence-corrected chi connectivity index (χ4v) is 6.23. The van der Waals surface area contributed by atoms with Gasteiger partial charge in [0.15, 0.2) is 13.8 Å². The summed E-state index contributed by atoms with van der Waals surface area (Å²) >= 11 is 12.6. The molecule has 1 aromatic carbocycles. The summed E-state index contributed by atoms with van der Waals surface area (Å²) in [6, 6.07) is 3.88. The lowest BCUT2D eigenvalue weighted by Gasteiger charge is -2.22. The average Bonchev–Trinajstić information content (AvgIpc) is 3.24. The van der Waals surface area contributed by atoms with Crippen molar-refractivity contribution < 1.29 is 4.79 Å². The first kappa shape index (κ1) is 20.6. The van der Waals surface area contributed by atoms with E-state index in [-0.39, 0.29) is 5.91 Å². The van der Waals surface area contributed by atoms with Crippen LogP contribution in [0, 0.1) is 13.8 Å². The van der Waals surface area contributed by atoms with E-state index in [0.29, 0.717) is 21.6 Å². The number of carbonyl (C=O) groups is 1. The maximum Gasteiger partial charge on any atom is 0.230 e. The number of hydrogen-bond donors (Lipinski definition) is 0. The topological polar surface area (TPSA) is 59.0 Å². The number of anilines is 2. The summed E-state index contributed by atoms with van der Waals surface area (Å²) < 4.78 is 1.86. The van der Waals surface area contributed by atoms with Crippen LogP contribution in [0.4, 0.5) is 10.8 Å². The van der Waals surface area contributed by atoms with E-state index in [2.05, 4.69) is 15.2 Å². The lowest BCUT2D eigenvalue weighted by Crippen LogP contribution is -2.24. The van der Waals surface area contributed by atoms with E-state index in [1.807, 2.05) is 37.6 Å². The van der Waals surface area contributed by atoms with Gasteiger partial charge in [0.25, 0.3) is 0 Å². The quantitative estimate of drug-likeness (QED) is 0.426. The fraction of sp³-hybridized carbons (Fsp3) is 0.294. The van der Waals surface area contributed by atoms with Crippen LogP contribution < -0.4 is 4.90 Å². The maximum absolute atomic E-state index is 12.4. The Morgan fingerprint density at radius 1 is 1.26 bits per heavy atom. The molecule has 0 bridgehead atoms. The van der Waals surface area contributed by atoms with E-state index in [4.69, 9.17) is 11.6 Å². The van der Waals surface area contributed by atoms with E-state index < -0.39 is 0 Å². The molecule has 0 aliphatic rings. The standard InChI is InChI=1S/C17H17ClN4OS4/c1-9-5-10(2)14(13(18)6-9)22(11(3)23)15-19-12(7-25-15)8-26-17-21-20-16(24-4)27-17/h5-7H,8H2,1-4H3. The summed E-state index contributed by atoms with van der Waals surface area (Å²) in [7, 11) is 0. The zero-order chi connectivity index (χ0) is 19.6. The third-order valence-corrected chi connectivity index (χ3v) is 7.80. The number of nitrogens with zero attached hydrogens (tertiary/aromatic N) is 4. The van der Waals surface area contributed by atoms with Gasteiger partial charge in [-0.1, -0.05) is 52.5 Å². The van der Waals surface area contributed by atoms with E-state index in [1.54, 1.807) is 39.8 Å². The summed E-state index contributed by atoms with van der Waals surface area (Å²) in [6.07, 6.45) is 1.98. The van der Waals surface area contributed by atoms with Gasteiger partial charge in [0.1, 0.15) is 0 Å². The highest BCUT2D eigenvalue weighted by Crippen LogP contribution is 2.38. The Balaban J connectivity index is 1.83. The molecule has 5 nitrogen and oxygen atoms in total. The number of aromatic nitrogens is 3. The van der Waals surface area contributed by atoms with Gasteiger partial charge in [-0.2, -0.15) is 0 Å².